The summed E-state index contributed by atoms with van der Waals surface area (Å²) in [7, 11) is 0. The van der Waals surface area contributed by atoms with E-state index in [0.717, 1.165) is 17.8 Å². The van der Waals surface area contributed by atoms with E-state index in [0.29, 0.717) is 0 Å². The molecule has 0 unspecified atom stereocenters. The Labute approximate surface area is 108 Å². The molecule has 1 heterocycles. The smallest absolute Gasteiger partial charge is 0.202 e. The van der Waals surface area contributed by atoms with Crippen LogP contribution in [0.25, 0.3) is 6.08 Å². The average molecular weight is 239 g/mol. The van der Waals surface area contributed by atoms with Gasteiger partial charge in [0.05, 0.1) is 5.69 Å². The minimum atomic E-state index is 0.0439. The van der Waals surface area contributed by atoms with Gasteiger partial charge < -0.3 is 4.57 Å². The van der Waals surface area contributed by atoms with Gasteiger partial charge in [-0.2, -0.15) is 0 Å². The molecule has 18 heavy (non-hydrogen) atoms. The van der Waals surface area contributed by atoms with Crippen molar-refractivity contribution in [1.82, 2.24) is 4.57 Å². The van der Waals surface area contributed by atoms with Crippen LogP contribution in [0.15, 0.2) is 48.7 Å². The first-order chi connectivity index (χ1) is 8.70. The number of rotatable bonds is 4. The number of carbonyl (C=O) groups is 1. The Morgan fingerprint density at radius 3 is 2.61 bits per heavy atom. The third-order valence-electron chi connectivity index (χ3n) is 2.93. The lowest BCUT2D eigenvalue weighted by molar-refractivity contribution is 0.103. The molecule has 0 amide bonds. The number of aryl methyl sites for hydroxylation is 2. The van der Waals surface area contributed by atoms with Gasteiger partial charge in [0.1, 0.15) is 0 Å². The third-order valence-corrected chi connectivity index (χ3v) is 2.93. The largest absolute Gasteiger partial charge is 0.345 e. The highest BCUT2D eigenvalue weighted by Gasteiger charge is 2.05. The Morgan fingerprint density at radius 2 is 1.94 bits per heavy atom. The summed E-state index contributed by atoms with van der Waals surface area (Å²) in [5.74, 6) is 0.0439. The minimum Gasteiger partial charge on any atom is -0.345 e. The molecule has 0 aliphatic rings. The van der Waals surface area contributed by atoms with E-state index in [2.05, 4.69) is 0 Å². The van der Waals surface area contributed by atoms with Crippen molar-refractivity contribution in [2.45, 2.75) is 20.4 Å². The topological polar surface area (TPSA) is 22.0 Å². The Hall–Kier alpha value is -2.09. The lowest BCUT2D eigenvalue weighted by Gasteiger charge is -2.02. The van der Waals surface area contributed by atoms with Crippen molar-refractivity contribution in [3.8, 4) is 0 Å². The van der Waals surface area contributed by atoms with E-state index < -0.39 is 0 Å². The molecule has 2 aromatic rings. The molecule has 2 nitrogen and oxygen atoms in total. The normalized spacial score (nSPS) is 11.0. The van der Waals surface area contributed by atoms with Gasteiger partial charge in [0.25, 0.3) is 0 Å². The maximum Gasteiger partial charge on any atom is 0.202 e. The van der Waals surface area contributed by atoms with Crippen molar-refractivity contribution in [1.29, 1.82) is 0 Å². The van der Waals surface area contributed by atoms with E-state index in [1.54, 1.807) is 6.08 Å². The van der Waals surface area contributed by atoms with Crippen LogP contribution in [0.5, 0.6) is 0 Å². The Kier molecular flexibility index (Phi) is 3.78. The fraction of sp³-hybridized carbons (Fsp3) is 0.188. The Morgan fingerprint density at radius 1 is 1.22 bits per heavy atom. The second-order valence-electron chi connectivity index (χ2n) is 4.29. The zero-order chi connectivity index (χ0) is 13.0. The molecule has 0 N–H and O–H groups in total. The van der Waals surface area contributed by atoms with Gasteiger partial charge >= 0.3 is 0 Å². The second kappa shape index (κ2) is 5.50. The highest BCUT2D eigenvalue weighted by Crippen LogP contribution is 2.08. The number of carbonyl (C=O) groups excluding carboxylic acids is 1. The lowest BCUT2D eigenvalue weighted by Crippen LogP contribution is -2.04. The van der Waals surface area contributed by atoms with Crippen molar-refractivity contribution in [3.05, 3.63) is 65.5 Å². The monoisotopic (exact) mass is 239 g/mol. The maximum absolute atomic E-state index is 12.0. The fourth-order valence-corrected chi connectivity index (χ4v) is 1.85. The van der Waals surface area contributed by atoms with Crippen LogP contribution in [-0.4, -0.2) is 10.4 Å². The quantitative estimate of drug-likeness (QED) is 0.589. The van der Waals surface area contributed by atoms with E-state index in [-0.39, 0.29) is 5.78 Å². The van der Waals surface area contributed by atoms with Gasteiger partial charge in [0.2, 0.25) is 5.78 Å². The van der Waals surface area contributed by atoms with E-state index in [4.69, 9.17) is 0 Å². The van der Waals surface area contributed by atoms with Crippen molar-refractivity contribution in [2.24, 2.45) is 0 Å². The molecular formula is C16H17NO. The van der Waals surface area contributed by atoms with Gasteiger partial charge in [-0.1, -0.05) is 35.9 Å². The van der Waals surface area contributed by atoms with Gasteiger partial charge in [-0.15, -0.1) is 0 Å². The van der Waals surface area contributed by atoms with Crippen LogP contribution in [-0.2, 0) is 6.54 Å². The molecule has 0 atom stereocenters. The molecule has 2 heteroatoms. The number of nitrogens with zero attached hydrogens (tertiary/aromatic N) is 1. The molecule has 0 aliphatic heterocycles. The number of ketones is 1. The first-order valence-electron chi connectivity index (χ1n) is 6.15. The molecule has 1 aromatic heterocycles. The molecule has 0 aliphatic carbocycles. The van der Waals surface area contributed by atoms with E-state index in [1.807, 2.05) is 67.1 Å². The van der Waals surface area contributed by atoms with Crippen LogP contribution in [0.2, 0.25) is 0 Å². The minimum absolute atomic E-state index is 0.0439. The third kappa shape index (κ3) is 2.77. The van der Waals surface area contributed by atoms with Gasteiger partial charge in [-0.05, 0) is 37.6 Å². The summed E-state index contributed by atoms with van der Waals surface area (Å²) in [5, 5.41) is 0. The summed E-state index contributed by atoms with van der Waals surface area (Å²) in [6, 6.07) is 11.9. The number of hydrogen-bond acceptors (Lipinski definition) is 1. The number of aromatic nitrogens is 1. The van der Waals surface area contributed by atoms with Crippen molar-refractivity contribution in [2.75, 3.05) is 0 Å². The van der Waals surface area contributed by atoms with E-state index in [1.165, 1.54) is 5.56 Å². The fourth-order valence-electron chi connectivity index (χ4n) is 1.85. The van der Waals surface area contributed by atoms with Crippen molar-refractivity contribution < 1.29 is 4.79 Å². The summed E-state index contributed by atoms with van der Waals surface area (Å²) < 4.78 is 1.95. The zero-order valence-corrected chi connectivity index (χ0v) is 10.8. The summed E-state index contributed by atoms with van der Waals surface area (Å²) in [4.78, 5) is 12.0. The van der Waals surface area contributed by atoms with Gasteiger partial charge in [0, 0.05) is 12.7 Å². The summed E-state index contributed by atoms with van der Waals surface area (Å²) >= 11 is 0. The van der Waals surface area contributed by atoms with Gasteiger partial charge in [-0.25, -0.2) is 0 Å². The van der Waals surface area contributed by atoms with Crippen molar-refractivity contribution >= 4 is 11.9 Å². The molecular weight excluding hydrogens is 222 g/mol. The molecule has 0 spiro atoms. The first kappa shape index (κ1) is 12.4. The lowest BCUT2D eigenvalue weighted by atomic mass is 10.1. The predicted octanol–water partition coefficient (Wildman–Crippen LogP) is 3.71. The van der Waals surface area contributed by atoms with E-state index >= 15 is 0 Å². The highest BCUT2D eigenvalue weighted by molar-refractivity contribution is 6.05. The van der Waals surface area contributed by atoms with Crippen LogP contribution in [0.3, 0.4) is 0 Å². The molecule has 92 valence electrons. The Bertz CT molecular complexity index is 561. The number of hydrogen-bond donors (Lipinski definition) is 0. The molecule has 0 saturated heterocycles. The molecule has 2 rings (SSSR count). The predicted molar refractivity (Wildman–Crippen MR) is 74.6 cm³/mol. The maximum atomic E-state index is 12.0. The summed E-state index contributed by atoms with van der Waals surface area (Å²) in [6.07, 6.45) is 5.41. The Balaban J connectivity index is 2.14. The molecule has 0 saturated carbocycles. The zero-order valence-electron chi connectivity index (χ0n) is 10.8. The van der Waals surface area contributed by atoms with Crippen LogP contribution in [0.4, 0.5) is 0 Å². The van der Waals surface area contributed by atoms with Crippen LogP contribution in [0.1, 0.15) is 28.5 Å². The summed E-state index contributed by atoms with van der Waals surface area (Å²) in [5.41, 5.74) is 3.00. The van der Waals surface area contributed by atoms with Gasteiger partial charge in [-0.3, -0.25) is 4.79 Å². The molecule has 0 radical (unpaired) electrons. The molecule has 1 aromatic carbocycles. The summed E-state index contributed by atoms with van der Waals surface area (Å²) in [6.45, 7) is 4.89. The molecule has 0 bridgehead atoms. The average Bonchev–Trinajstić information content (AvgIpc) is 2.86. The van der Waals surface area contributed by atoms with Crippen LogP contribution < -0.4 is 0 Å². The van der Waals surface area contributed by atoms with Gasteiger partial charge in [0.15, 0.2) is 0 Å². The SMILES string of the molecule is CCn1cccc1C(=O)/C=C/c1ccc(C)cc1. The highest BCUT2D eigenvalue weighted by atomic mass is 16.1. The van der Waals surface area contributed by atoms with E-state index in [9.17, 15) is 4.79 Å². The number of allylic oxidation sites excluding steroid dienone is 1. The first-order valence-corrected chi connectivity index (χ1v) is 6.15. The van der Waals surface area contributed by atoms with Crippen LogP contribution in [0, 0.1) is 6.92 Å². The van der Waals surface area contributed by atoms with Crippen LogP contribution >= 0.6 is 0 Å². The second-order valence-corrected chi connectivity index (χ2v) is 4.29. The standard InChI is InChI=1S/C16H17NO/c1-3-17-12-4-5-15(17)16(18)11-10-14-8-6-13(2)7-9-14/h4-12H,3H2,1-2H3/b11-10+. The van der Waals surface area contributed by atoms with Crippen molar-refractivity contribution in [3.63, 3.8) is 0 Å². The molecule has 0 fully saturated rings. The number of benzene rings is 1.